The molecule has 0 aliphatic heterocycles. The quantitative estimate of drug-likeness (QED) is 0.610. The van der Waals surface area contributed by atoms with Crippen LogP contribution in [0.15, 0.2) is 30.3 Å². The highest BCUT2D eigenvalue weighted by atomic mass is 32.1. The summed E-state index contributed by atoms with van der Waals surface area (Å²) in [6.45, 7) is 3.93. The van der Waals surface area contributed by atoms with Crippen LogP contribution >= 0.6 is 11.3 Å². The maximum absolute atomic E-state index is 12.1. The standard InChI is InChI=1S/C17H19NO5S/c1-3-21-16(19)13-11(2)14(24-15(13)18)17(20)23-10-9-22-12-7-5-4-6-8-12/h4-8H,3,9-10,18H2,1-2H3. The zero-order valence-electron chi connectivity index (χ0n) is 13.5. The van der Waals surface area contributed by atoms with Gasteiger partial charge in [0.25, 0.3) is 0 Å². The molecule has 6 nitrogen and oxygen atoms in total. The minimum Gasteiger partial charge on any atom is -0.490 e. The van der Waals surface area contributed by atoms with Gasteiger partial charge in [-0.3, -0.25) is 0 Å². The average Bonchev–Trinajstić information content (AvgIpc) is 2.87. The van der Waals surface area contributed by atoms with Crippen molar-refractivity contribution in [2.45, 2.75) is 13.8 Å². The van der Waals surface area contributed by atoms with Crippen LogP contribution in [0.25, 0.3) is 0 Å². The second-order valence-corrected chi connectivity index (χ2v) is 5.87. The van der Waals surface area contributed by atoms with Crippen LogP contribution in [0.4, 0.5) is 5.00 Å². The largest absolute Gasteiger partial charge is 0.490 e. The first kappa shape index (κ1) is 17.8. The minimum absolute atomic E-state index is 0.0969. The molecule has 1 heterocycles. The minimum atomic E-state index is -0.532. The van der Waals surface area contributed by atoms with E-state index in [2.05, 4.69) is 0 Å². The van der Waals surface area contributed by atoms with Crippen molar-refractivity contribution in [2.24, 2.45) is 0 Å². The second kappa shape index (κ2) is 8.35. The number of carbonyl (C=O) groups is 2. The van der Waals surface area contributed by atoms with Gasteiger partial charge < -0.3 is 19.9 Å². The molecule has 0 bridgehead atoms. The van der Waals surface area contributed by atoms with Crippen molar-refractivity contribution >= 4 is 28.3 Å². The smallest absolute Gasteiger partial charge is 0.348 e. The number of hydrogen-bond donors (Lipinski definition) is 1. The summed E-state index contributed by atoms with van der Waals surface area (Å²) in [6.07, 6.45) is 0. The molecule has 2 N–H and O–H groups in total. The zero-order valence-corrected chi connectivity index (χ0v) is 14.4. The van der Waals surface area contributed by atoms with Gasteiger partial charge in [0.05, 0.1) is 12.2 Å². The van der Waals surface area contributed by atoms with Crippen LogP contribution in [0.3, 0.4) is 0 Å². The number of esters is 2. The van der Waals surface area contributed by atoms with Gasteiger partial charge >= 0.3 is 11.9 Å². The Morgan fingerprint density at radius 3 is 2.46 bits per heavy atom. The van der Waals surface area contributed by atoms with Crippen LogP contribution in [0.1, 0.15) is 32.5 Å². The molecular formula is C17H19NO5S. The average molecular weight is 349 g/mol. The number of hydrogen-bond acceptors (Lipinski definition) is 7. The molecule has 2 rings (SSSR count). The summed E-state index contributed by atoms with van der Waals surface area (Å²) in [7, 11) is 0. The van der Waals surface area contributed by atoms with E-state index in [0.29, 0.717) is 16.2 Å². The molecule has 1 aromatic carbocycles. The Morgan fingerprint density at radius 1 is 1.08 bits per heavy atom. The molecule has 1 aromatic heterocycles. The van der Waals surface area contributed by atoms with Crippen molar-refractivity contribution < 1.29 is 23.8 Å². The molecule has 0 aliphatic carbocycles. The number of para-hydroxylation sites is 1. The molecule has 0 aliphatic rings. The summed E-state index contributed by atoms with van der Waals surface area (Å²) in [5, 5.41) is 0.249. The molecule has 7 heteroatoms. The Labute approximate surface area is 144 Å². The number of anilines is 1. The number of ether oxygens (including phenoxy) is 3. The molecule has 0 saturated heterocycles. The van der Waals surface area contributed by atoms with Crippen LogP contribution in [-0.4, -0.2) is 31.8 Å². The Hall–Kier alpha value is -2.54. The van der Waals surface area contributed by atoms with Crippen LogP contribution in [0.2, 0.25) is 0 Å². The summed E-state index contributed by atoms with van der Waals surface area (Å²) in [6, 6.07) is 9.24. The Kier molecular flexibility index (Phi) is 6.20. The second-order valence-electron chi connectivity index (χ2n) is 4.81. The highest BCUT2D eigenvalue weighted by Gasteiger charge is 2.24. The molecule has 0 saturated carbocycles. The van der Waals surface area contributed by atoms with E-state index in [-0.39, 0.29) is 30.4 Å². The van der Waals surface area contributed by atoms with Crippen LogP contribution in [-0.2, 0) is 9.47 Å². The third-order valence-corrected chi connectivity index (χ3v) is 4.27. The fourth-order valence-corrected chi connectivity index (χ4v) is 3.02. The summed E-state index contributed by atoms with van der Waals surface area (Å²) >= 11 is 1.02. The SMILES string of the molecule is CCOC(=O)c1c(N)sc(C(=O)OCCOc2ccccc2)c1C. The molecule has 0 amide bonds. The van der Waals surface area contributed by atoms with Crippen LogP contribution < -0.4 is 10.5 Å². The summed E-state index contributed by atoms with van der Waals surface area (Å²) in [5.41, 5.74) is 6.53. The maximum Gasteiger partial charge on any atom is 0.348 e. The van der Waals surface area contributed by atoms with Crippen molar-refractivity contribution in [3.63, 3.8) is 0 Å². The normalized spacial score (nSPS) is 10.2. The fraction of sp³-hybridized carbons (Fsp3) is 0.294. The number of rotatable bonds is 7. The van der Waals surface area contributed by atoms with Crippen molar-refractivity contribution in [1.29, 1.82) is 0 Å². The lowest BCUT2D eigenvalue weighted by atomic mass is 10.1. The first-order chi connectivity index (χ1) is 11.5. The summed E-state index contributed by atoms with van der Waals surface area (Å²) in [5.74, 6) is -0.360. The Bertz CT molecular complexity index is 711. The molecule has 0 unspecified atom stereocenters. The third kappa shape index (κ3) is 4.26. The van der Waals surface area contributed by atoms with Gasteiger partial charge in [0.15, 0.2) is 0 Å². The van der Waals surface area contributed by atoms with Gasteiger partial charge in [0, 0.05) is 0 Å². The Balaban J connectivity index is 1.93. The zero-order chi connectivity index (χ0) is 17.5. The van der Waals surface area contributed by atoms with Crippen LogP contribution in [0.5, 0.6) is 5.75 Å². The third-order valence-electron chi connectivity index (χ3n) is 3.17. The lowest BCUT2D eigenvalue weighted by molar-refractivity contribution is 0.0455. The van der Waals surface area contributed by atoms with E-state index in [1.54, 1.807) is 13.8 Å². The van der Waals surface area contributed by atoms with Crippen molar-refractivity contribution in [3.8, 4) is 5.75 Å². The molecular weight excluding hydrogens is 330 g/mol. The maximum atomic E-state index is 12.1. The molecule has 0 fully saturated rings. The van der Waals surface area contributed by atoms with Crippen molar-refractivity contribution in [1.82, 2.24) is 0 Å². The van der Waals surface area contributed by atoms with E-state index >= 15 is 0 Å². The monoisotopic (exact) mass is 349 g/mol. The first-order valence-corrected chi connectivity index (χ1v) is 8.27. The fourth-order valence-electron chi connectivity index (χ4n) is 2.06. The van der Waals surface area contributed by atoms with Gasteiger partial charge in [-0.1, -0.05) is 18.2 Å². The van der Waals surface area contributed by atoms with Gasteiger partial charge in [-0.15, -0.1) is 11.3 Å². The van der Waals surface area contributed by atoms with E-state index in [1.807, 2.05) is 30.3 Å². The van der Waals surface area contributed by atoms with E-state index in [9.17, 15) is 9.59 Å². The molecule has 2 aromatic rings. The lowest BCUT2D eigenvalue weighted by Gasteiger charge is -2.07. The summed E-state index contributed by atoms with van der Waals surface area (Å²) < 4.78 is 15.6. The predicted molar refractivity (Wildman–Crippen MR) is 91.6 cm³/mol. The number of nitrogen functional groups attached to an aromatic ring is 1. The van der Waals surface area contributed by atoms with E-state index < -0.39 is 11.9 Å². The topological polar surface area (TPSA) is 87.9 Å². The van der Waals surface area contributed by atoms with Gasteiger partial charge in [0.1, 0.15) is 28.8 Å². The number of thiophene rings is 1. The highest BCUT2D eigenvalue weighted by Crippen LogP contribution is 2.31. The van der Waals surface area contributed by atoms with Gasteiger partial charge in [-0.05, 0) is 31.5 Å². The lowest BCUT2D eigenvalue weighted by Crippen LogP contribution is -2.13. The molecule has 0 atom stereocenters. The molecule has 128 valence electrons. The Morgan fingerprint density at radius 2 is 1.79 bits per heavy atom. The highest BCUT2D eigenvalue weighted by molar-refractivity contribution is 7.18. The van der Waals surface area contributed by atoms with Gasteiger partial charge in [0.2, 0.25) is 0 Å². The van der Waals surface area contributed by atoms with Crippen LogP contribution in [0, 0.1) is 6.92 Å². The van der Waals surface area contributed by atoms with Gasteiger partial charge in [-0.25, -0.2) is 9.59 Å². The summed E-state index contributed by atoms with van der Waals surface area (Å²) in [4.78, 5) is 24.3. The van der Waals surface area contributed by atoms with E-state index in [1.165, 1.54) is 0 Å². The van der Waals surface area contributed by atoms with E-state index in [4.69, 9.17) is 19.9 Å². The number of nitrogens with two attached hydrogens (primary N) is 1. The van der Waals surface area contributed by atoms with Gasteiger partial charge in [-0.2, -0.15) is 0 Å². The number of carbonyl (C=O) groups excluding carboxylic acids is 2. The number of benzene rings is 1. The predicted octanol–water partition coefficient (Wildman–Crippen LogP) is 3.05. The molecule has 0 radical (unpaired) electrons. The van der Waals surface area contributed by atoms with Crippen molar-refractivity contribution in [2.75, 3.05) is 25.6 Å². The molecule has 24 heavy (non-hydrogen) atoms. The van der Waals surface area contributed by atoms with E-state index in [0.717, 1.165) is 11.3 Å². The van der Waals surface area contributed by atoms with Crippen molar-refractivity contribution in [3.05, 3.63) is 46.3 Å². The first-order valence-electron chi connectivity index (χ1n) is 7.45. The molecule has 0 spiro atoms.